The molecule has 1 aromatic rings. The molecule has 2 N–H and O–H groups in total. The van der Waals surface area contributed by atoms with Gasteiger partial charge in [-0.15, -0.1) is 0 Å². The van der Waals surface area contributed by atoms with Crippen LogP contribution in [0.15, 0.2) is 12.4 Å². The highest BCUT2D eigenvalue weighted by molar-refractivity contribution is 5.31. The first kappa shape index (κ1) is 14.0. The van der Waals surface area contributed by atoms with Gasteiger partial charge in [-0.2, -0.15) is 0 Å². The summed E-state index contributed by atoms with van der Waals surface area (Å²) < 4.78 is 2.18. The molecule has 0 radical (unpaired) electrons. The number of imidazole rings is 1. The molecular formula is C13H26N4. The van der Waals surface area contributed by atoms with Crippen molar-refractivity contribution < 1.29 is 0 Å². The zero-order valence-electron chi connectivity index (χ0n) is 11.6. The van der Waals surface area contributed by atoms with Gasteiger partial charge in [0, 0.05) is 32.0 Å². The second kappa shape index (κ2) is 6.05. The molecule has 0 bridgehead atoms. The van der Waals surface area contributed by atoms with E-state index in [-0.39, 0.29) is 5.41 Å². The van der Waals surface area contributed by atoms with Crippen molar-refractivity contribution in [3.63, 3.8) is 0 Å². The van der Waals surface area contributed by atoms with Gasteiger partial charge in [-0.1, -0.05) is 20.8 Å². The molecule has 0 aromatic carbocycles. The van der Waals surface area contributed by atoms with Crippen molar-refractivity contribution in [3.05, 3.63) is 12.4 Å². The Morgan fingerprint density at radius 3 is 2.65 bits per heavy atom. The molecule has 17 heavy (non-hydrogen) atoms. The van der Waals surface area contributed by atoms with Crippen molar-refractivity contribution in [3.8, 4) is 0 Å². The maximum absolute atomic E-state index is 5.82. The van der Waals surface area contributed by atoms with Crippen LogP contribution in [0.3, 0.4) is 0 Å². The molecule has 0 aliphatic rings. The Morgan fingerprint density at radius 2 is 2.12 bits per heavy atom. The van der Waals surface area contributed by atoms with Crippen molar-refractivity contribution >= 4 is 5.95 Å². The van der Waals surface area contributed by atoms with Crippen LogP contribution in [0.4, 0.5) is 5.95 Å². The van der Waals surface area contributed by atoms with Gasteiger partial charge in [-0.25, -0.2) is 4.98 Å². The molecule has 1 aromatic heterocycles. The van der Waals surface area contributed by atoms with Crippen molar-refractivity contribution in [2.45, 2.75) is 40.7 Å². The minimum absolute atomic E-state index is 0.125. The Bertz CT molecular complexity index is 330. The average Bonchev–Trinajstić information content (AvgIpc) is 2.76. The number of hydrogen-bond acceptors (Lipinski definition) is 3. The smallest absolute Gasteiger partial charge is 0.205 e. The Labute approximate surface area is 105 Å². The molecule has 0 aliphatic heterocycles. The minimum Gasteiger partial charge on any atom is -0.342 e. The maximum Gasteiger partial charge on any atom is 0.205 e. The fraction of sp³-hybridized carbons (Fsp3) is 0.769. The molecule has 0 spiro atoms. The Balaban J connectivity index is 2.85. The summed E-state index contributed by atoms with van der Waals surface area (Å²) in [6.07, 6.45) is 5.03. The highest BCUT2D eigenvalue weighted by Gasteiger charge is 2.22. The van der Waals surface area contributed by atoms with Gasteiger partial charge in [0.2, 0.25) is 5.95 Å². The van der Waals surface area contributed by atoms with Gasteiger partial charge in [-0.3, -0.25) is 0 Å². The lowest BCUT2D eigenvalue weighted by atomic mass is 9.93. The van der Waals surface area contributed by atoms with Crippen LogP contribution in [0.25, 0.3) is 0 Å². The van der Waals surface area contributed by atoms with E-state index in [0.717, 1.165) is 32.0 Å². The van der Waals surface area contributed by atoms with E-state index in [4.69, 9.17) is 5.73 Å². The number of anilines is 1. The molecule has 4 nitrogen and oxygen atoms in total. The zero-order valence-corrected chi connectivity index (χ0v) is 11.6. The zero-order chi connectivity index (χ0) is 12.9. The summed E-state index contributed by atoms with van der Waals surface area (Å²) in [6.45, 7) is 12.4. The van der Waals surface area contributed by atoms with E-state index in [1.807, 2.05) is 12.4 Å². The van der Waals surface area contributed by atoms with Crippen molar-refractivity contribution in [1.82, 2.24) is 9.55 Å². The monoisotopic (exact) mass is 238 g/mol. The molecule has 1 heterocycles. The maximum atomic E-state index is 5.82. The lowest BCUT2D eigenvalue weighted by Crippen LogP contribution is -2.40. The number of rotatable bonds is 7. The third kappa shape index (κ3) is 3.73. The van der Waals surface area contributed by atoms with E-state index < -0.39 is 0 Å². The molecule has 0 atom stereocenters. The minimum atomic E-state index is 0.125. The van der Waals surface area contributed by atoms with Crippen molar-refractivity contribution in [2.75, 3.05) is 24.5 Å². The molecule has 4 heteroatoms. The first-order valence-electron chi connectivity index (χ1n) is 6.50. The Hall–Kier alpha value is -1.03. The van der Waals surface area contributed by atoms with Gasteiger partial charge in [0.25, 0.3) is 0 Å². The summed E-state index contributed by atoms with van der Waals surface area (Å²) in [5.74, 6) is 1.07. The van der Waals surface area contributed by atoms with Crippen LogP contribution < -0.4 is 10.6 Å². The van der Waals surface area contributed by atoms with Crippen LogP contribution in [-0.4, -0.2) is 29.2 Å². The molecule has 0 fully saturated rings. The predicted octanol–water partition coefficient (Wildman–Crippen LogP) is 2.10. The van der Waals surface area contributed by atoms with E-state index in [1.165, 1.54) is 0 Å². The standard InChI is InChI=1S/C13H26N4/c1-5-8-17(11-13(3,4)10-14)12-15-7-9-16(12)6-2/h7,9H,5-6,8,10-11,14H2,1-4H3. The number of aryl methyl sites for hydroxylation is 1. The normalized spacial score (nSPS) is 11.8. The predicted molar refractivity (Wildman–Crippen MR) is 73.2 cm³/mol. The van der Waals surface area contributed by atoms with Gasteiger partial charge in [0.15, 0.2) is 0 Å². The molecular weight excluding hydrogens is 212 g/mol. The first-order chi connectivity index (χ1) is 8.04. The van der Waals surface area contributed by atoms with Crippen LogP contribution in [0.2, 0.25) is 0 Å². The highest BCUT2D eigenvalue weighted by atomic mass is 15.3. The average molecular weight is 238 g/mol. The summed E-state index contributed by atoms with van der Waals surface area (Å²) in [5, 5.41) is 0. The molecule has 0 unspecified atom stereocenters. The highest BCUT2D eigenvalue weighted by Crippen LogP contribution is 2.20. The Morgan fingerprint density at radius 1 is 1.41 bits per heavy atom. The van der Waals surface area contributed by atoms with Gasteiger partial charge in [0.1, 0.15) is 0 Å². The molecule has 0 saturated heterocycles. The largest absolute Gasteiger partial charge is 0.342 e. The Kier molecular flexibility index (Phi) is 5.00. The fourth-order valence-electron chi connectivity index (χ4n) is 1.93. The van der Waals surface area contributed by atoms with Crippen molar-refractivity contribution in [2.24, 2.45) is 11.1 Å². The molecule has 0 saturated carbocycles. The van der Waals surface area contributed by atoms with E-state index >= 15 is 0 Å². The number of aromatic nitrogens is 2. The van der Waals surface area contributed by atoms with Gasteiger partial charge >= 0.3 is 0 Å². The summed E-state index contributed by atoms with van der Waals surface area (Å²) in [6, 6.07) is 0. The second-order valence-electron chi connectivity index (χ2n) is 5.30. The quantitative estimate of drug-likeness (QED) is 0.791. The SMILES string of the molecule is CCCN(CC(C)(C)CN)c1nccn1CC. The van der Waals surface area contributed by atoms with Crippen LogP contribution in [0, 0.1) is 5.41 Å². The summed E-state index contributed by atoms with van der Waals surface area (Å²) in [7, 11) is 0. The van der Waals surface area contributed by atoms with E-state index in [2.05, 4.69) is 42.1 Å². The van der Waals surface area contributed by atoms with Crippen LogP contribution >= 0.6 is 0 Å². The summed E-state index contributed by atoms with van der Waals surface area (Å²) >= 11 is 0. The van der Waals surface area contributed by atoms with Crippen LogP contribution in [-0.2, 0) is 6.54 Å². The lowest BCUT2D eigenvalue weighted by Gasteiger charge is -2.32. The topological polar surface area (TPSA) is 47.1 Å². The van der Waals surface area contributed by atoms with E-state index in [9.17, 15) is 0 Å². The molecule has 0 aliphatic carbocycles. The lowest BCUT2D eigenvalue weighted by molar-refractivity contribution is 0.373. The third-order valence-corrected chi connectivity index (χ3v) is 2.98. The number of hydrogen-bond donors (Lipinski definition) is 1. The van der Waals surface area contributed by atoms with Crippen LogP contribution in [0.5, 0.6) is 0 Å². The van der Waals surface area contributed by atoms with Crippen molar-refractivity contribution in [1.29, 1.82) is 0 Å². The first-order valence-corrected chi connectivity index (χ1v) is 6.50. The van der Waals surface area contributed by atoms with Gasteiger partial charge in [0.05, 0.1) is 0 Å². The second-order valence-corrected chi connectivity index (χ2v) is 5.30. The molecule has 1 rings (SSSR count). The van der Waals surface area contributed by atoms with Gasteiger partial charge in [-0.05, 0) is 25.3 Å². The number of nitrogens with zero attached hydrogens (tertiary/aromatic N) is 3. The van der Waals surface area contributed by atoms with E-state index in [1.54, 1.807) is 0 Å². The number of nitrogens with two attached hydrogens (primary N) is 1. The summed E-state index contributed by atoms with van der Waals surface area (Å²) in [5.41, 5.74) is 5.95. The molecule has 0 amide bonds. The summed E-state index contributed by atoms with van der Waals surface area (Å²) in [4.78, 5) is 6.82. The fourth-order valence-corrected chi connectivity index (χ4v) is 1.93. The van der Waals surface area contributed by atoms with Crippen LogP contribution in [0.1, 0.15) is 34.1 Å². The van der Waals surface area contributed by atoms with Gasteiger partial charge < -0.3 is 15.2 Å². The molecule has 98 valence electrons. The third-order valence-electron chi connectivity index (χ3n) is 2.98. The van der Waals surface area contributed by atoms with E-state index in [0.29, 0.717) is 6.54 Å².